The molecular formula is C14H16O7. The average Bonchev–Trinajstić information content (AvgIpc) is 2.39. The number of carbonyl (C=O) groups excluding carboxylic acids is 1. The maximum atomic E-state index is 11.7. The topological polar surface area (TPSA) is 121 Å². The van der Waals surface area contributed by atoms with E-state index in [0.29, 0.717) is 0 Å². The summed E-state index contributed by atoms with van der Waals surface area (Å²) in [4.78, 5) is 34.8. The Balaban J connectivity index is 3.43. The standard InChI is InChI=1S/C14H16O7/c1-8(2)12(18)21-14(13(19)20)9(6-7-15)4-3-5-10(14)11(16)17/h3-5,10,15H,1,6-7H2,2H3,(H,16,17)(H,19,20). The fourth-order valence-electron chi connectivity index (χ4n) is 2.06. The number of esters is 1. The number of hydrogen-bond acceptors (Lipinski definition) is 5. The third-order valence-electron chi connectivity index (χ3n) is 3.08. The van der Waals surface area contributed by atoms with E-state index in [1.807, 2.05) is 0 Å². The maximum Gasteiger partial charge on any atom is 0.353 e. The normalized spacial score (nSPS) is 24.1. The second kappa shape index (κ2) is 6.36. The SMILES string of the molecule is C=C(C)C(=O)OC1(C(=O)O)C(CCO)=CC=CC1C(=O)O. The number of carboxylic acids is 2. The zero-order chi connectivity index (χ0) is 16.2. The number of aliphatic hydroxyl groups excluding tert-OH is 1. The molecule has 21 heavy (non-hydrogen) atoms. The molecule has 0 saturated heterocycles. The summed E-state index contributed by atoms with van der Waals surface area (Å²) >= 11 is 0. The number of hydrogen-bond donors (Lipinski definition) is 3. The third-order valence-corrected chi connectivity index (χ3v) is 3.08. The van der Waals surface area contributed by atoms with Crippen molar-refractivity contribution in [1.29, 1.82) is 0 Å². The van der Waals surface area contributed by atoms with Gasteiger partial charge in [0.15, 0.2) is 0 Å². The van der Waals surface area contributed by atoms with Gasteiger partial charge in [0.25, 0.3) is 0 Å². The van der Waals surface area contributed by atoms with Crippen LogP contribution in [0.1, 0.15) is 13.3 Å². The van der Waals surface area contributed by atoms with Gasteiger partial charge in [-0.15, -0.1) is 0 Å². The quantitative estimate of drug-likeness (QED) is 0.482. The fraction of sp³-hybridized carbons (Fsp3) is 0.357. The van der Waals surface area contributed by atoms with Crippen LogP contribution in [0.5, 0.6) is 0 Å². The zero-order valence-corrected chi connectivity index (χ0v) is 11.4. The van der Waals surface area contributed by atoms with Crippen LogP contribution in [0, 0.1) is 5.92 Å². The first kappa shape index (κ1) is 16.6. The summed E-state index contributed by atoms with van der Waals surface area (Å²) in [6, 6.07) is 0. The van der Waals surface area contributed by atoms with Gasteiger partial charge in [0.1, 0.15) is 5.92 Å². The Hall–Kier alpha value is -2.41. The van der Waals surface area contributed by atoms with E-state index >= 15 is 0 Å². The van der Waals surface area contributed by atoms with Crippen molar-refractivity contribution in [2.75, 3.05) is 6.61 Å². The molecule has 114 valence electrons. The van der Waals surface area contributed by atoms with E-state index in [9.17, 15) is 24.6 Å². The zero-order valence-electron chi connectivity index (χ0n) is 11.4. The highest BCUT2D eigenvalue weighted by molar-refractivity contribution is 5.96. The van der Waals surface area contributed by atoms with Crippen LogP contribution in [0.2, 0.25) is 0 Å². The lowest BCUT2D eigenvalue weighted by molar-refractivity contribution is -0.181. The molecule has 7 heteroatoms. The lowest BCUT2D eigenvalue weighted by Crippen LogP contribution is -2.54. The van der Waals surface area contributed by atoms with Gasteiger partial charge in [-0.05, 0) is 18.9 Å². The Morgan fingerprint density at radius 1 is 1.38 bits per heavy atom. The first-order valence-electron chi connectivity index (χ1n) is 6.11. The van der Waals surface area contributed by atoms with Crippen molar-refractivity contribution in [2.24, 2.45) is 5.92 Å². The number of allylic oxidation sites excluding steroid dienone is 2. The second-order valence-electron chi connectivity index (χ2n) is 4.58. The first-order chi connectivity index (χ1) is 9.77. The molecule has 0 aliphatic heterocycles. The molecule has 0 amide bonds. The average molecular weight is 296 g/mol. The second-order valence-corrected chi connectivity index (χ2v) is 4.58. The minimum atomic E-state index is -2.39. The molecule has 1 aliphatic rings. The van der Waals surface area contributed by atoms with Crippen LogP contribution >= 0.6 is 0 Å². The molecule has 2 unspecified atom stereocenters. The van der Waals surface area contributed by atoms with Crippen LogP contribution in [0.4, 0.5) is 0 Å². The van der Waals surface area contributed by atoms with E-state index < -0.39 is 36.0 Å². The van der Waals surface area contributed by atoms with Crippen LogP contribution in [0.15, 0.2) is 36.0 Å². The minimum Gasteiger partial charge on any atom is -0.481 e. The Morgan fingerprint density at radius 2 is 2.00 bits per heavy atom. The summed E-state index contributed by atoms with van der Waals surface area (Å²) in [5.41, 5.74) is -2.45. The van der Waals surface area contributed by atoms with Crippen LogP contribution in [-0.4, -0.2) is 45.4 Å². The van der Waals surface area contributed by atoms with Gasteiger partial charge in [-0.3, -0.25) is 4.79 Å². The molecule has 0 heterocycles. The van der Waals surface area contributed by atoms with Gasteiger partial charge in [-0.2, -0.15) is 0 Å². The predicted molar refractivity (Wildman–Crippen MR) is 71.3 cm³/mol. The van der Waals surface area contributed by atoms with Crippen molar-refractivity contribution in [2.45, 2.75) is 18.9 Å². The molecule has 0 spiro atoms. The summed E-state index contributed by atoms with van der Waals surface area (Å²) in [5.74, 6) is -5.67. The number of carboxylic acid groups (broad SMARTS) is 2. The molecule has 0 aromatic rings. The summed E-state index contributed by atoms with van der Waals surface area (Å²) in [6.07, 6.45) is 3.68. The summed E-state index contributed by atoms with van der Waals surface area (Å²) in [6.45, 7) is 4.26. The molecule has 0 aromatic carbocycles. The molecule has 1 rings (SSSR count). The van der Waals surface area contributed by atoms with Gasteiger partial charge in [0.2, 0.25) is 5.60 Å². The van der Waals surface area contributed by atoms with Crippen molar-refractivity contribution in [1.82, 2.24) is 0 Å². The van der Waals surface area contributed by atoms with Crippen LogP contribution in [-0.2, 0) is 19.1 Å². The van der Waals surface area contributed by atoms with E-state index in [1.54, 1.807) is 0 Å². The number of rotatable bonds is 6. The van der Waals surface area contributed by atoms with Crippen LogP contribution in [0.25, 0.3) is 0 Å². The molecule has 0 saturated carbocycles. The molecule has 0 aromatic heterocycles. The number of ether oxygens (including phenoxy) is 1. The van der Waals surface area contributed by atoms with Gasteiger partial charge in [-0.25, -0.2) is 9.59 Å². The van der Waals surface area contributed by atoms with Crippen molar-refractivity contribution >= 4 is 17.9 Å². The van der Waals surface area contributed by atoms with E-state index in [2.05, 4.69) is 6.58 Å². The highest BCUT2D eigenvalue weighted by Crippen LogP contribution is 2.37. The lowest BCUT2D eigenvalue weighted by atomic mass is 9.76. The maximum absolute atomic E-state index is 11.7. The summed E-state index contributed by atoms with van der Waals surface area (Å²) in [7, 11) is 0. The van der Waals surface area contributed by atoms with Crippen LogP contribution < -0.4 is 0 Å². The number of carbonyl (C=O) groups is 3. The molecule has 3 N–H and O–H groups in total. The first-order valence-corrected chi connectivity index (χ1v) is 6.11. The largest absolute Gasteiger partial charge is 0.481 e. The molecule has 0 bridgehead atoms. The Morgan fingerprint density at radius 3 is 2.43 bits per heavy atom. The van der Waals surface area contributed by atoms with Crippen molar-refractivity contribution in [3.8, 4) is 0 Å². The highest BCUT2D eigenvalue weighted by Gasteiger charge is 2.55. The van der Waals surface area contributed by atoms with Gasteiger partial charge in [0.05, 0.1) is 0 Å². The molecule has 0 radical (unpaired) electrons. The third kappa shape index (κ3) is 3.03. The van der Waals surface area contributed by atoms with Gasteiger partial charge >= 0.3 is 17.9 Å². The van der Waals surface area contributed by atoms with Crippen molar-refractivity contribution in [3.05, 3.63) is 36.0 Å². The molecule has 2 atom stereocenters. The Bertz CT molecular complexity index is 544. The Kier molecular flexibility index (Phi) is 5.04. The molecule has 0 fully saturated rings. The summed E-state index contributed by atoms with van der Waals surface area (Å²) in [5, 5.41) is 27.8. The van der Waals surface area contributed by atoms with Gasteiger partial charge in [-0.1, -0.05) is 24.8 Å². The summed E-state index contributed by atoms with van der Waals surface area (Å²) < 4.78 is 4.99. The van der Waals surface area contributed by atoms with Gasteiger partial charge < -0.3 is 20.1 Å². The van der Waals surface area contributed by atoms with E-state index in [1.165, 1.54) is 19.1 Å². The number of aliphatic hydroxyl groups is 1. The monoisotopic (exact) mass is 296 g/mol. The highest BCUT2D eigenvalue weighted by atomic mass is 16.6. The van der Waals surface area contributed by atoms with E-state index in [-0.39, 0.29) is 17.6 Å². The van der Waals surface area contributed by atoms with E-state index in [0.717, 1.165) is 6.08 Å². The van der Waals surface area contributed by atoms with E-state index in [4.69, 9.17) is 9.84 Å². The lowest BCUT2D eigenvalue weighted by Gasteiger charge is -2.36. The Labute approximate surface area is 120 Å². The van der Waals surface area contributed by atoms with Crippen LogP contribution in [0.3, 0.4) is 0 Å². The smallest absolute Gasteiger partial charge is 0.353 e. The predicted octanol–water partition coefficient (Wildman–Crippen LogP) is 0.508. The minimum absolute atomic E-state index is 0.00185. The van der Waals surface area contributed by atoms with Crippen molar-refractivity contribution < 1.29 is 34.4 Å². The fourth-order valence-corrected chi connectivity index (χ4v) is 2.06. The van der Waals surface area contributed by atoms with Crippen molar-refractivity contribution in [3.63, 3.8) is 0 Å². The number of aliphatic carboxylic acids is 2. The molecular weight excluding hydrogens is 280 g/mol. The molecule has 7 nitrogen and oxygen atoms in total. The van der Waals surface area contributed by atoms with Gasteiger partial charge in [0, 0.05) is 12.2 Å². The molecule has 1 aliphatic carbocycles.